The number of rotatable bonds is 5. The molecule has 2 heterocycles. The van der Waals surface area contributed by atoms with Crippen LogP contribution in [-0.4, -0.2) is 84.1 Å². The van der Waals surface area contributed by atoms with Crippen molar-refractivity contribution in [2.75, 3.05) is 45.7 Å². The lowest BCUT2D eigenvalue weighted by molar-refractivity contribution is 0.0108. The zero-order valence-corrected chi connectivity index (χ0v) is 20.7. The van der Waals surface area contributed by atoms with Crippen molar-refractivity contribution in [1.82, 2.24) is 19.8 Å². The normalized spacial score (nSPS) is 22.2. The van der Waals surface area contributed by atoms with Crippen LogP contribution in [0, 0.1) is 5.92 Å². The number of anilines is 1. The summed E-state index contributed by atoms with van der Waals surface area (Å²) in [6.07, 6.45) is 5.31. The van der Waals surface area contributed by atoms with E-state index in [1.165, 1.54) is 18.6 Å². The summed E-state index contributed by atoms with van der Waals surface area (Å²) in [5, 5.41) is 2.81. The number of likely N-dealkylation sites (N-methyl/N-ethyl adjacent to an activating group) is 1. The maximum atomic E-state index is 13.3. The first-order valence-electron chi connectivity index (χ1n) is 11.7. The summed E-state index contributed by atoms with van der Waals surface area (Å²) in [7, 11) is 3.47. The van der Waals surface area contributed by atoms with Gasteiger partial charge in [0.1, 0.15) is 18.1 Å². The van der Waals surface area contributed by atoms with Gasteiger partial charge in [-0.05, 0) is 37.9 Å². The van der Waals surface area contributed by atoms with Gasteiger partial charge in [0.05, 0.1) is 17.9 Å². The van der Waals surface area contributed by atoms with E-state index in [4.69, 9.17) is 9.47 Å². The minimum absolute atomic E-state index is 0.0881. The van der Waals surface area contributed by atoms with Crippen LogP contribution in [0.5, 0.6) is 5.75 Å². The van der Waals surface area contributed by atoms with Gasteiger partial charge in [0.2, 0.25) is 0 Å². The summed E-state index contributed by atoms with van der Waals surface area (Å²) in [5.74, 6) is 0.130. The third-order valence-electron chi connectivity index (χ3n) is 6.14. The highest BCUT2D eigenvalue weighted by Crippen LogP contribution is 2.27. The molecule has 1 aromatic heterocycles. The largest absolute Gasteiger partial charge is 0.491 e. The summed E-state index contributed by atoms with van der Waals surface area (Å²) < 4.78 is 12.0. The number of benzene rings is 1. The Morgan fingerprint density at radius 1 is 1.26 bits per heavy atom. The third kappa shape index (κ3) is 6.30. The molecule has 9 nitrogen and oxygen atoms in total. The quantitative estimate of drug-likeness (QED) is 0.719. The molecule has 2 amide bonds. The van der Waals surface area contributed by atoms with E-state index in [1.807, 2.05) is 0 Å². The molecule has 1 aliphatic rings. The molecule has 1 aromatic carbocycles. The number of fused-ring (bicyclic) bond motifs is 1. The van der Waals surface area contributed by atoms with E-state index in [0.29, 0.717) is 30.2 Å². The molecule has 0 fully saturated rings. The van der Waals surface area contributed by atoms with Crippen LogP contribution in [-0.2, 0) is 4.74 Å². The molecule has 9 heteroatoms. The predicted octanol–water partition coefficient (Wildman–Crippen LogP) is 2.94. The Labute approximate surface area is 201 Å². The van der Waals surface area contributed by atoms with E-state index >= 15 is 0 Å². The van der Waals surface area contributed by atoms with Crippen molar-refractivity contribution in [2.24, 2.45) is 5.92 Å². The zero-order valence-electron chi connectivity index (χ0n) is 20.7. The summed E-state index contributed by atoms with van der Waals surface area (Å²) >= 11 is 0. The first-order chi connectivity index (χ1) is 16.3. The topological polar surface area (TPSA) is 96.9 Å². The fourth-order valence-electron chi connectivity index (χ4n) is 4.14. The molecule has 34 heavy (non-hydrogen) atoms. The molecule has 0 spiro atoms. The molecule has 1 aliphatic heterocycles. The van der Waals surface area contributed by atoms with E-state index in [9.17, 15) is 9.59 Å². The molecule has 184 valence electrons. The summed E-state index contributed by atoms with van der Waals surface area (Å²) in [5.41, 5.74) is 1.16. The number of carbonyl (C=O) groups is 2. The minimum atomic E-state index is -0.385. The number of nitrogens with one attached hydrogen (secondary N) is 1. The van der Waals surface area contributed by atoms with Crippen molar-refractivity contribution in [3.05, 3.63) is 48.0 Å². The molecule has 0 unspecified atom stereocenters. The summed E-state index contributed by atoms with van der Waals surface area (Å²) in [6.45, 7) is 9.13. The highest BCUT2D eigenvalue weighted by atomic mass is 16.5. The highest BCUT2D eigenvalue weighted by Gasteiger charge is 2.28. The van der Waals surface area contributed by atoms with Gasteiger partial charge in [-0.3, -0.25) is 19.5 Å². The Hall–Kier alpha value is -3.04. The number of nitrogens with zero attached hydrogens (tertiary/aromatic N) is 4. The van der Waals surface area contributed by atoms with Crippen LogP contribution >= 0.6 is 0 Å². The number of aromatic nitrogens is 2. The van der Waals surface area contributed by atoms with Crippen molar-refractivity contribution in [2.45, 2.75) is 39.3 Å². The van der Waals surface area contributed by atoms with E-state index in [-0.39, 0.29) is 35.6 Å². The maximum absolute atomic E-state index is 13.3. The molecule has 0 radical (unpaired) electrons. The lowest BCUT2D eigenvalue weighted by atomic mass is 10.0. The third-order valence-corrected chi connectivity index (χ3v) is 6.14. The van der Waals surface area contributed by atoms with Gasteiger partial charge in [0.15, 0.2) is 0 Å². The van der Waals surface area contributed by atoms with Crippen LogP contribution in [0.15, 0.2) is 36.8 Å². The number of hydrogen-bond acceptors (Lipinski definition) is 7. The second kappa shape index (κ2) is 11.9. The number of hydrogen-bond donors (Lipinski definition) is 1. The van der Waals surface area contributed by atoms with Crippen LogP contribution in [0.25, 0.3) is 0 Å². The molecular formula is C25H35N5O4. The Kier molecular flexibility index (Phi) is 8.95. The van der Waals surface area contributed by atoms with Crippen molar-refractivity contribution in [1.29, 1.82) is 0 Å². The maximum Gasteiger partial charge on any atom is 0.275 e. The minimum Gasteiger partial charge on any atom is -0.491 e. The van der Waals surface area contributed by atoms with Crippen molar-refractivity contribution >= 4 is 17.5 Å². The first-order valence-corrected chi connectivity index (χ1v) is 11.7. The van der Waals surface area contributed by atoms with Crippen LogP contribution < -0.4 is 10.1 Å². The van der Waals surface area contributed by atoms with Gasteiger partial charge in [-0.2, -0.15) is 0 Å². The monoisotopic (exact) mass is 469 g/mol. The number of methoxy groups -OCH3 is 1. The van der Waals surface area contributed by atoms with Gasteiger partial charge >= 0.3 is 0 Å². The Morgan fingerprint density at radius 3 is 2.74 bits per heavy atom. The highest BCUT2D eigenvalue weighted by molar-refractivity contribution is 6.03. The van der Waals surface area contributed by atoms with Crippen LogP contribution in [0.2, 0.25) is 0 Å². The van der Waals surface area contributed by atoms with Gasteiger partial charge in [-0.15, -0.1) is 0 Å². The van der Waals surface area contributed by atoms with Crippen LogP contribution in [0.3, 0.4) is 0 Å². The molecule has 3 atom stereocenters. The zero-order chi connectivity index (χ0) is 24.7. The molecule has 0 bridgehead atoms. The average Bonchev–Trinajstić information content (AvgIpc) is 2.84. The Morgan fingerprint density at radius 2 is 2.06 bits per heavy atom. The Balaban J connectivity index is 1.91. The molecule has 0 saturated heterocycles. The van der Waals surface area contributed by atoms with Crippen molar-refractivity contribution in [3.63, 3.8) is 0 Å². The van der Waals surface area contributed by atoms with Crippen LogP contribution in [0.1, 0.15) is 48.0 Å². The SMILES string of the molecule is CCCN1C[C@@H](C)[C@@H](OC)CN(C)C(=O)c2ccc(NC(=O)c3cnccn3)cc2OC[C@H]1C. The van der Waals surface area contributed by atoms with Gasteiger partial charge in [0, 0.05) is 57.4 Å². The summed E-state index contributed by atoms with van der Waals surface area (Å²) in [4.78, 5) is 37.8. The van der Waals surface area contributed by atoms with Gasteiger partial charge in [0.25, 0.3) is 11.8 Å². The van der Waals surface area contributed by atoms with E-state index in [2.05, 4.69) is 41.0 Å². The second-order valence-corrected chi connectivity index (χ2v) is 8.85. The molecule has 1 N–H and O–H groups in total. The van der Waals surface area contributed by atoms with Gasteiger partial charge < -0.3 is 19.7 Å². The van der Waals surface area contributed by atoms with E-state index < -0.39 is 0 Å². The number of carbonyl (C=O) groups excluding carboxylic acids is 2. The smallest absolute Gasteiger partial charge is 0.275 e. The lowest BCUT2D eigenvalue weighted by Gasteiger charge is -2.35. The van der Waals surface area contributed by atoms with Crippen molar-refractivity contribution < 1.29 is 19.1 Å². The van der Waals surface area contributed by atoms with Crippen LogP contribution in [0.4, 0.5) is 5.69 Å². The van der Waals surface area contributed by atoms with E-state index in [1.54, 1.807) is 37.3 Å². The van der Waals surface area contributed by atoms with Crippen molar-refractivity contribution in [3.8, 4) is 5.75 Å². The lowest BCUT2D eigenvalue weighted by Crippen LogP contribution is -2.46. The number of ether oxygens (including phenoxy) is 2. The predicted molar refractivity (Wildman–Crippen MR) is 130 cm³/mol. The standard InChI is InChI=1S/C25H35N5O4/c1-6-11-30-14-17(2)23(33-5)15-29(4)25(32)20-8-7-19(12-22(20)34-16-18(30)3)28-24(31)21-13-26-9-10-27-21/h7-10,12-13,17-18,23H,6,11,14-16H2,1-5H3,(H,28,31)/t17-,18-,23+/m1/s1. The number of amides is 2. The van der Waals surface area contributed by atoms with E-state index in [0.717, 1.165) is 19.5 Å². The fourth-order valence-corrected chi connectivity index (χ4v) is 4.14. The fraction of sp³-hybridized carbons (Fsp3) is 0.520. The molecule has 3 rings (SSSR count). The second-order valence-electron chi connectivity index (χ2n) is 8.85. The molecule has 0 saturated carbocycles. The van der Waals surface area contributed by atoms with Gasteiger partial charge in [-0.1, -0.05) is 13.8 Å². The average molecular weight is 470 g/mol. The van der Waals surface area contributed by atoms with Gasteiger partial charge in [-0.25, -0.2) is 4.98 Å². The Bertz CT molecular complexity index is 971. The molecular weight excluding hydrogens is 434 g/mol. The molecule has 0 aliphatic carbocycles. The summed E-state index contributed by atoms with van der Waals surface area (Å²) in [6, 6.07) is 5.20. The molecule has 2 aromatic rings. The first kappa shape index (κ1) is 25.6.